The van der Waals surface area contributed by atoms with Gasteiger partial charge in [-0.25, -0.2) is 15.8 Å². The molecule has 0 unspecified atom stereocenters. The van der Waals surface area contributed by atoms with Gasteiger partial charge in [-0.3, -0.25) is 4.79 Å². The number of likely N-dealkylation sites (N-methyl/N-ethyl adjacent to an activating group) is 1. The van der Waals surface area contributed by atoms with Gasteiger partial charge in [0, 0.05) is 20.1 Å². The Kier molecular flexibility index (Phi) is 4.57. The van der Waals surface area contributed by atoms with Gasteiger partial charge in [0.2, 0.25) is 11.7 Å². The number of nitrogens with two attached hydrogens (primary N) is 1. The van der Waals surface area contributed by atoms with Gasteiger partial charge in [0.1, 0.15) is 6.33 Å². The number of likely N-dealkylation sites (tertiary alicyclic amines) is 1. The van der Waals surface area contributed by atoms with Crippen LogP contribution in [0.3, 0.4) is 0 Å². The fraction of sp³-hybridized carbons (Fsp3) is 0.583. The molecule has 1 aliphatic rings. The van der Waals surface area contributed by atoms with E-state index in [0.717, 1.165) is 25.9 Å². The SMILES string of the molecule is COc1c(NN)ncnc1N(C)CC(=O)N1CCCC1. The number of rotatable bonds is 5. The Balaban J connectivity index is 2.12. The Morgan fingerprint density at radius 3 is 2.80 bits per heavy atom. The average Bonchev–Trinajstić information content (AvgIpc) is 3.00. The van der Waals surface area contributed by atoms with Crippen LogP contribution in [0.1, 0.15) is 12.8 Å². The van der Waals surface area contributed by atoms with Crippen molar-refractivity contribution in [2.24, 2.45) is 5.84 Å². The fourth-order valence-corrected chi connectivity index (χ4v) is 2.27. The zero-order chi connectivity index (χ0) is 14.5. The Bertz CT molecular complexity index is 475. The lowest BCUT2D eigenvalue weighted by Gasteiger charge is -2.23. The molecule has 1 fully saturated rings. The number of carbonyl (C=O) groups is 1. The van der Waals surface area contributed by atoms with Crippen molar-refractivity contribution in [3.63, 3.8) is 0 Å². The molecule has 1 aromatic heterocycles. The van der Waals surface area contributed by atoms with Crippen molar-refractivity contribution in [2.45, 2.75) is 12.8 Å². The number of hydrazine groups is 1. The second kappa shape index (κ2) is 6.38. The molecule has 1 amide bonds. The Morgan fingerprint density at radius 1 is 1.50 bits per heavy atom. The lowest BCUT2D eigenvalue weighted by atomic mass is 10.4. The molecule has 1 saturated heterocycles. The average molecular weight is 280 g/mol. The van der Waals surface area contributed by atoms with E-state index >= 15 is 0 Å². The van der Waals surface area contributed by atoms with E-state index in [1.807, 2.05) is 4.90 Å². The lowest BCUT2D eigenvalue weighted by molar-refractivity contribution is -0.128. The topological polar surface area (TPSA) is 96.6 Å². The molecule has 1 aromatic rings. The Hall–Kier alpha value is -2.09. The quantitative estimate of drug-likeness (QED) is 0.571. The highest BCUT2D eigenvalue weighted by molar-refractivity contribution is 5.82. The fourth-order valence-electron chi connectivity index (χ4n) is 2.27. The minimum absolute atomic E-state index is 0.0907. The molecule has 110 valence electrons. The first-order chi connectivity index (χ1) is 9.67. The summed E-state index contributed by atoms with van der Waals surface area (Å²) in [6, 6.07) is 0. The molecule has 2 rings (SSSR count). The maximum absolute atomic E-state index is 12.1. The van der Waals surface area contributed by atoms with Crippen LogP contribution in [-0.2, 0) is 4.79 Å². The first kappa shape index (κ1) is 14.3. The van der Waals surface area contributed by atoms with Crippen LogP contribution in [0.4, 0.5) is 11.6 Å². The van der Waals surface area contributed by atoms with E-state index in [2.05, 4.69) is 15.4 Å². The van der Waals surface area contributed by atoms with Crippen molar-refractivity contribution in [3.8, 4) is 5.75 Å². The molecule has 1 aliphatic heterocycles. The van der Waals surface area contributed by atoms with E-state index in [4.69, 9.17) is 10.6 Å². The number of hydrogen-bond donors (Lipinski definition) is 2. The smallest absolute Gasteiger partial charge is 0.242 e. The van der Waals surface area contributed by atoms with E-state index in [9.17, 15) is 4.79 Å². The molecule has 0 spiro atoms. The van der Waals surface area contributed by atoms with Crippen molar-refractivity contribution in [3.05, 3.63) is 6.33 Å². The maximum atomic E-state index is 12.1. The molecule has 0 atom stereocenters. The maximum Gasteiger partial charge on any atom is 0.242 e. The Labute approximate surface area is 117 Å². The molecule has 8 nitrogen and oxygen atoms in total. The van der Waals surface area contributed by atoms with Gasteiger partial charge in [-0.15, -0.1) is 0 Å². The summed E-state index contributed by atoms with van der Waals surface area (Å²) >= 11 is 0. The zero-order valence-corrected chi connectivity index (χ0v) is 11.8. The molecule has 3 N–H and O–H groups in total. The van der Waals surface area contributed by atoms with Crippen LogP contribution >= 0.6 is 0 Å². The van der Waals surface area contributed by atoms with Gasteiger partial charge in [0.15, 0.2) is 11.6 Å². The van der Waals surface area contributed by atoms with Gasteiger partial charge >= 0.3 is 0 Å². The third-order valence-corrected chi connectivity index (χ3v) is 3.32. The summed E-state index contributed by atoms with van der Waals surface area (Å²) in [7, 11) is 3.30. The van der Waals surface area contributed by atoms with Crippen molar-refractivity contribution in [2.75, 3.05) is 44.1 Å². The highest BCUT2D eigenvalue weighted by Gasteiger charge is 2.22. The number of anilines is 2. The summed E-state index contributed by atoms with van der Waals surface area (Å²) < 4.78 is 5.26. The highest BCUT2D eigenvalue weighted by atomic mass is 16.5. The number of nitrogen functional groups attached to an aromatic ring is 1. The highest BCUT2D eigenvalue weighted by Crippen LogP contribution is 2.30. The van der Waals surface area contributed by atoms with Crippen molar-refractivity contribution < 1.29 is 9.53 Å². The lowest BCUT2D eigenvalue weighted by Crippen LogP contribution is -2.37. The van der Waals surface area contributed by atoms with Crippen molar-refractivity contribution in [1.82, 2.24) is 14.9 Å². The van der Waals surface area contributed by atoms with Crippen LogP contribution in [0.25, 0.3) is 0 Å². The number of methoxy groups -OCH3 is 1. The van der Waals surface area contributed by atoms with Crippen LogP contribution < -0.4 is 20.9 Å². The van der Waals surface area contributed by atoms with Crippen LogP contribution in [0.2, 0.25) is 0 Å². The molecular formula is C12H20N6O2. The molecule has 0 radical (unpaired) electrons. The first-order valence-corrected chi connectivity index (χ1v) is 6.52. The molecule has 2 heterocycles. The van der Waals surface area contributed by atoms with Gasteiger partial charge in [-0.1, -0.05) is 0 Å². The van der Waals surface area contributed by atoms with E-state index < -0.39 is 0 Å². The largest absolute Gasteiger partial charge is 0.490 e. The van der Waals surface area contributed by atoms with Crippen LogP contribution in [0, 0.1) is 0 Å². The normalized spacial score (nSPS) is 14.2. The van der Waals surface area contributed by atoms with Crippen LogP contribution in [0.5, 0.6) is 5.75 Å². The van der Waals surface area contributed by atoms with Gasteiger partial charge in [-0.05, 0) is 12.8 Å². The molecule has 0 bridgehead atoms. The number of ether oxygens (including phenoxy) is 1. The molecule has 0 aliphatic carbocycles. The second-order valence-electron chi connectivity index (χ2n) is 4.67. The number of carbonyl (C=O) groups excluding carboxylic acids is 1. The summed E-state index contributed by atoms with van der Waals surface area (Å²) in [5.74, 6) is 6.81. The molecule has 20 heavy (non-hydrogen) atoms. The molecular weight excluding hydrogens is 260 g/mol. The molecule has 0 saturated carbocycles. The summed E-state index contributed by atoms with van der Waals surface area (Å²) in [6.45, 7) is 1.92. The van der Waals surface area contributed by atoms with Crippen LogP contribution in [0.15, 0.2) is 6.33 Å². The summed E-state index contributed by atoms with van der Waals surface area (Å²) in [5, 5.41) is 0. The van der Waals surface area contributed by atoms with Crippen LogP contribution in [-0.4, -0.2) is 54.6 Å². The van der Waals surface area contributed by atoms with Crippen molar-refractivity contribution >= 4 is 17.5 Å². The van der Waals surface area contributed by atoms with E-state index in [1.165, 1.54) is 13.4 Å². The third kappa shape index (κ3) is 2.90. The minimum Gasteiger partial charge on any atom is -0.490 e. The molecule has 0 aromatic carbocycles. The number of amides is 1. The number of nitrogens with zero attached hydrogens (tertiary/aromatic N) is 4. The third-order valence-electron chi connectivity index (χ3n) is 3.32. The van der Waals surface area contributed by atoms with E-state index in [0.29, 0.717) is 17.4 Å². The summed E-state index contributed by atoms with van der Waals surface area (Å²) in [5.41, 5.74) is 2.45. The predicted octanol–water partition coefficient (Wildman–Crippen LogP) is -0.171. The number of nitrogens with one attached hydrogen (secondary N) is 1. The van der Waals surface area contributed by atoms with Gasteiger partial charge in [0.05, 0.1) is 13.7 Å². The number of aromatic nitrogens is 2. The number of hydrogen-bond acceptors (Lipinski definition) is 7. The zero-order valence-electron chi connectivity index (χ0n) is 11.8. The van der Waals surface area contributed by atoms with E-state index in [-0.39, 0.29) is 12.5 Å². The standard InChI is InChI=1S/C12H20N6O2/c1-17(7-9(19)18-5-3-4-6-18)12-10(20-2)11(16-13)14-8-15-12/h8H,3-7,13H2,1-2H3,(H,14,15,16). The monoisotopic (exact) mass is 280 g/mol. The Morgan fingerprint density at radius 2 is 2.20 bits per heavy atom. The van der Waals surface area contributed by atoms with Gasteiger partial charge < -0.3 is 20.0 Å². The van der Waals surface area contributed by atoms with Gasteiger partial charge in [-0.2, -0.15) is 0 Å². The predicted molar refractivity (Wildman–Crippen MR) is 75.5 cm³/mol. The van der Waals surface area contributed by atoms with Gasteiger partial charge in [0.25, 0.3) is 0 Å². The molecule has 8 heteroatoms. The summed E-state index contributed by atoms with van der Waals surface area (Å²) in [6.07, 6.45) is 3.53. The van der Waals surface area contributed by atoms with Crippen molar-refractivity contribution in [1.29, 1.82) is 0 Å². The second-order valence-corrected chi connectivity index (χ2v) is 4.67. The minimum atomic E-state index is 0.0907. The van der Waals surface area contributed by atoms with E-state index in [1.54, 1.807) is 11.9 Å². The summed E-state index contributed by atoms with van der Waals surface area (Å²) in [4.78, 5) is 23.9. The first-order valence-electron chi connectivity index (χ1n) is 6.52.